The van der Waals surface area contributed by atoms with Gasteiger partial charge in [-0.15, -0.1) is 0 Å². The Hall–Kier alpha value is -2.90. The fourth-order valence-electron chi connectivity index (χ4n) is 5.66. The van der Waals surface area contributed by atoms with E-state index in [1.165, 1.54) is 18.9 Å². The average molecular weight is 507 g/mol. The first-order valence-corrected chi connectivity index (χ1v) is 13.4. The Labute approximate surface area is 217 Å². The molecule has 2 fully saturated rings. The zero-order chi connectivity index (χ0) is 25.1. The van der Waals surface area contributed by atoms with E-state index >= 15 is 0 Å². The largest absolute Gasteiger partial charge is 0.351 e. The zero-order valence-electron chi connectivity index (χ0n) is 20.9. The molecule has 2 atom stereocenters. The van der Waals surface area contributed by atoms with Crippen molar-refractivity contribution in [3.8, 4) is 11.3 Å². The number of aromatic nitrogens is 3. The number of hydrogen-bond acceptors (Lipinski definition) is 5. The minimum Gasteiger partial charge on any atom is -0.351 e. The summed E-state index contributed by atoms with van der Waals surface area (Å²) >= 11 is 6.56. The van der Waals surface area contributed by atoms with Crippen LogP contribution in [0.15, 0.2) is 49.3 Å². The lowest BCUT2D eigenvalue weighted by atomic mass is 9.90. The maximum Gasteiger partial charge on any atom is 0.245 e. The van der Waals surface area contributed by atoms with Crippen LogP contribution in [0.4, 0.5) is 5.95 Å². The van der Waals surface area contributed by atoms with Crippen LogP contribution in [0.3, 0.4) is 0 Å². The van der Waals surface area contributed by atoms with Gasteiger partial charge in [-0.3, -0.25) is 4.79 Å². The molecule has 1 amide bonds. The maximum absolute atomic E-state index is 11.8. The standard InChI is InChI=1S/C28H35ClN6O/c1-3-26(36)35-13-11-19(12-14-35)16-30-20-7-6-8-21(15-20)32-28-31-17-24(29)27(33-28)23-18-34(2)25-10-5-4-9-22(23)25/h3-5,9-10,17-21,30H,1,6-8,11-16H2,2H3,(H,31,32,33)/t20-,21+/m0/s1. The molecule has 2 N–H and O–H groups in total. The first-order valence-electron chi connectivity index (χ1n) is 13.0. The lowest BCUT2D eigenvalue weighted by Crippen LogP contribution is -2.44. The quantitative estimate of drug-likeness (QED) is 0.440. The molecule has 1 saturated heterocycles. The number of piperidine rings is 1. The molecule has 1 aromatic carbocycles. The van der Waals surface area contributed by atoms with Gasteiger partial charge in [0.15, 0.2) is 0 Å². The number of anilines is 1. The van der Waals surface area contributed by atoms with Gasteiger partial charge in [0.2, 0.25) is 11.9 Å². The highest BCUT2D eigenvalue weighted by Gasteiger charge is 2.26. The number of nitrogens with one attached hydrogen (secondary N) is 2. The van der Waals surface area contributed by atoms with Crippen molar-refractivity contribution in [3.63, 3.8) is 0 Å². The van der Waals surface area contributed by atoms with Crippen LogP contribution in [-0.4, -0.2) is 57.1 Å². The van der Waals surface area contributed by atoms with E-state index in [4.69, 9.17) is 16.6 Å². The summed E-state index contributed by atoms with van der Waals surface area (Å²) in [5.41, 5.74) is 2.93. The molecule has 36 heavy (non-hydrogen) atoms. The monoisotopic (exact) mass is 506 g/mol. The number of benzene rings is 1. The number of carbonyl (C=O) groups excluding carboxylic acids is 1. The van der Waals surface area contributed by atoms with Crippen LogP contribution in [0.25, 0.3) is 22.2 Å². The molecule has 7 nitrogen and oxygen atoms in total. The normalized spacial score (nSPS) is 21.0. The van der Waals surface area contributed by atoms with Crippen molar-refractivity contribution < 1.29 is 4.79 Å². The minimum absolute atomic E-state index is 0.0515. The third-order valence-corrected chi connectivity index (χ3v) is 7.98. The van der Waals surface area contributed by atoms with Crippen molar-refractivity contribution in [2.75, 3.05) is 25.0 Å². The number of aryl methyl sites for hydroxylation is 1. The summed E-state index contributed by atoms with van der Waals surface area (Å²) in [6, 6.07) is 9.10. The SMILES string of the molecule is C=CC(=O)N1CCC(CN[C@H]2CCC[C@@H](Nc3ncc(Cl)c(-c4cn(C)c5ccccc45)n3)C2)CC1. The molecular weight excluding hydrogens is 472 g/mol. The second-order valence-electron chi connectivity index (χ2n) is 10.1. The fraction of sp³-hybridized carbons (Fsp3) is 0.464. The molecule has 190 valence electrons. The van der Waals surface area contributed by atoms with Crippen LogP contribution in [0.2, 0.25) is 5.02 Å². The molecule has 1 aliphatic heterocycles. The number of para-hydroxylation sites is 1. The van der Waals surface area contributed by atoms with Crippen molar-refractivity contribution >= 4 is 34.4 Å². The molecule has 2 aliphatic rings. The molecule has 0 bridgehead atoms. The summed E-state index contributed by atoms with van der Waals surface area (Å²) in [4.78, 5) is 23.1. The first kappa shape index (κ1) is 24.8. The van der Waals surface area contributed by atoms with E-state index in [9.17, 15) is 4.79 Å². The molecule has 2 aromatic heterocycles. The predicted octanol–water partition coefficient (Wildman–Crippen LogP) is 5.03. The zero-order valence-corrected chi connectivity index (χ0v) is 21.7. The molecule has 1 saturated carbocycles. The van der Waals surface area contributed by atoms with Gasteiger partial charge in [0.05, 0.1) is 16.9 Å². The Bertz CT molecular complexity index is 1230. The van der Waals surface area contributed by atoms with Crippen molar-refractivity contribution in [2.45, 2.75) is 50.6 Å². The van der Waals surface area contributed by atoms with Gasteiger partial charge < -0.3 is 20.1 Å². The van der Waals surface area contributed by atoms with E-state index in [0.29, 0.717) is 29.0 Å². The Morgan fingerprint density at radius 3 is 2.78 bits per heavy atom. The molecule has 0 unspecified atom stereocenters. The van der Waals surface area contributed by atoms with Gasteiger partial charge in [-0.25, -0.2) is 9.97 Å². The Morgan fingerprint density at radius 1 is 1.19 bits per heavy atom. The second kappa shape index (κ2) is 11.0. The summed E-state index contributed by atoms with van der Waals surface area (Å²) in [7, 11) is 2.04. The van der Waals surface area contributed by atoms with E-state index in [1.54, 1.807) is 6.20 Å². The Morgan fingerprint density at radius 2 is 1.97 bits per heavy atom. The maximum atomic E-state index is 11.8. The van der Waals surface area contributed by atoms with Gasteiger partial charge in [-0.2, -0.15) is 0 Å². The van der Waals surface area contributed by atoms with Gasteiger partial charge in [0, 0.05) is 54.9 Å². The molecule has 0 radical (unpaired) electrons. The topological polar surface area (TPSA) is 75.1 Å². The lowest BCUT2D eigenvalue weighted by Gasteiger charge is -2.34. The van der Waals surface area contributed by atoms with Crippen molar-refractivity contribution in [2.24, 2.45) is 13.0 Å². The summed E-state index contributed by atoms with van der Waals surface area (Å²) in [5, 5.41) is 9.08. The highest BCUT2D eigenvalue weighted by atomic mass is 35.5. The molecule has 3 aromatic rings. The summed E-state index contributed by atoms with van der Waals surface area (Å²) in [6.45, 7) is 6.28. The fourth-order valence-corrected chi connectivity index (χ4v) is 5.86. The molecular formula is C28H35ClN6O. The third-order valence-electron chi connectivity index (χ3n) is 7.70. The van der Waals surface area contributed by atoms with Crippen LogP contribution in [-0.2, 0) is 11.8 Å². The number of rotatable bonds is 7. The molecule has 1 aliphatic carbocycles. The van der Waals surface area contributed by atoms with Gasteiger partial charge in [0.1, 0.15) is 0 Å². The van der Waals surface area contributed by atoms with Gasteiger partial charge in [-0.05, 0) is 63.1 Å². The molecule has 0 spiro atoms. The van der Waals surface area contributed by atoms with Gasteiger partial charge in [-0.1, -0.05) is 36.4 Å². The van der Waals surface area contributed by atoms with Gasteiger partial charge in [0.25, 0.3) is 0 Å². The average Bonchev–Trinajstić information content (AvgIpc) is 3.25. The van der Waals surface area contributed by atoms with Crippen LogP contribution >= 0.6 is 11.6 Å². The second-order valence-corrected chi connectivity index (χ2v) is 10.6. The molecule has 5 rings (SSSR count). The number of halogens is 1. The summed E-state index contributed by atoms with van der Waals surface area (Å²) in [5.74, 6) is 1.30. The minimum atomic E-state index is 0.0515. The Balaban J connectivity index is 1.19. The number of nitrogens with zero attached hydrogens (tertiary/aromatic N) is 4. The van der Waals surface area contributed by atoms with E-state index in [0.717, 1.165) is 67.5 Å². The van der Waals surface area contributed by atoms with Crippen LogP contribution in [0, 0.1) is 5.92 Å². The lowest BCUT2D eigenvalue weighted by molar-refractivity contribution is -0.127. The van der Waals surface area contributed by atoms with Crippen molar-refractivity contribution in [1.29, 1.82) is 0 Å². The van der Waals surface area contributed by atoms with Crippen LogP contribution in [0.1, 0.15) is 38.5 Å². The van der Waals surface area contributed by atoms with Crippen LogP contribution < -0.4 is 10.6 Å². The number of fused-ring (bicyclic) bond motifs is 1. The van der Waals surface area contributed by atoms with E-state index in [-0.39, 0.29) is 5.91 Å². The summed E-state index contributed by atoms with van der Waals surface area (Å²) in [6.07, 6.45) is 11.8. The highest BCUT2D eigenvalue weighted by molar-refractivity contribution is 6.33. The Kier molecular flexibility index (Phi) is 7.58. The molecule has 8 heteroatoms. The first-order chi connectivity index (χ1) is 17.5. The highest BCUT2D eigenvalue weighted by Crippen LogP contribution is 2.34. The van der Waals surface area contributed by atoms with E-state index in [2.05, 4.69) is 45.1 Å². The van der Waals surface area contributed by atoms with Crippen LogP contribution in [0.5, 0.6) is 0 Å². The molecule has 3 heterocycles. The van der Waals surface area contributed by atoms with Crippen molar-refractivity contribution in [1.82, 2.24) is 24.8 Å². The van der Waals surface area contributed by atoms with Gasteiger partial charge >= 0.3 is 0 Å². The van der Waals surface area contributed by atoms with E-state index in [1.807, 2.05) is 24.1 Å². The number of likely N-dealkylation sites (tertiary alicyclic amines) is 1. The predicted molar refractivity (Wildman–Crippen MR) is 146 cm³/mol. The van der Waals surface area contributed by atoms with Crippen molar-refractivity contribution in [3.05, 3.63) is 54.3 Å². The number of hydrogen-bond donors (Lipinski definition) is 2. The number of carbonyl (C=O) groups is 1. The third kappa shape index (κ3) is 5.42. The number of amides is 1. The summed E-state index contributed by atoms with van der Waals surface area (Å²) < 4.78 is 2.11. The smallest absolute Gasteiger partial charge is 0.245 e. The van der Waals surface area contributed by atoms with E-state index < -0.39 is 0 Å².